The molecule has 4 heteroatoms. The number of piperidine rings is 1. The summed E-state index contributed by atoms with van der Waals surface area (Å²) in [5.41, 5.74) is 1.42. The van der Waals surface area contributed by atoms with E-state index in [1.807, 2.05) is 24.9 Å². The second-order valence-corrected chi connectivity index (χ2v) is 5.65. The number of carbonyl (C=O) groups excluding carboxylic acids is 1. The van der Waals surface area contributed by atoms with Crippen LogP contribution in [0.5, 0.6) is 5.75 Å². The van der Waals surface area contributed by atoms with E-state index >= 15 is 0 Å². The normalized spacial score (nSPS) is 16.4. The van der Waals surface area contributed by atoms with Crippen molar-refractivity contribution >= 4 is 5.91 Å². The Bertz CT molecular complexity index is 466. The molecule has 4 nitrogen and oxygen atoms in total. The van der Waals surface area contributed by atoms with Gasteiger partial charge < -0.3 is 15.3 Å². The number of aromatic hydroxyl groups is 1. The van der Waals surface area contributed by atoms with Gasteiger partial charge in [0.05, 0.1) is 5.56 Å². The lowest BCUT2D eigenvalue weighted by Crippen LogP contribution is -2.39. The number of benzene rings is 1. The minimum atomic E-state index is -0.0433. The van der Waals surface area contributed by atoms with E-state index in [4.69, 9.17) is 0 Å². The highest BCUT2D eigenvalue weighted by atomic mass is 16.3. The minimum absolute atomic E-state index is 0.0433. The molecule has 0 unspecified atom stereocenters. The number of rotatable bonds is 4. The van der Waals surface area contributed by atoms with Gasteiger partial charge in [-0.15, -0.1) is 0 Å². The maximum absolute atomic E-state index is 12.4. The zero-order chi connectivity index (χ0) is 14.5. The molecule has 2 N–H and O–H groups in total. The molecule has 1 aliphatic rings. The van der Waals surface area contributed by atoms with Gasteiger partial charge in [0.25, 0.3) is 5.91 Å². The Labute approximate surface area is 120 Å². The van der Waals surface area contributed by atoms with E-state index in [1.54, 1.807) is 12.1 Å². The zero-order valence-electron chi connectivity index (χ0n) is 12.4. The first kappa shape index (κ1) is 14.9. The third-order valence-corrected chi connectivity index (χ3v) is 4.09. The Kier molecular flexibility index (Phi) is 5.01. The van der Waals surface area contributed by atoms with E-state index in [0.29, 0.717) is 11.5 Å². The summed E-state index contributed by atoms with van der Waals surface area (Å²) < 4.78 is 0. The fraction of sp³-hybridized carbons (Fsp3) is 0.562. The van der Waals surface area contributed by atoms with Gasteiger partial charge in [-0.25, -0.2) is 0 Å². The van der Waals surface area contributed by atoms with E-state index < -0.39 is 0 Å². The molecular formula is C16H24N2O2. The molecule has 1 aliphatic heterocycles. The Morgan fingerprint density at radius 1 is 1.40 bits per heavy atom. The fourth-order valence-electron chi connectivity index (χ4n) is 2.76. The topological polar surface area (TPSA) is 52.6 Å². The molecule has 110 valence electrons. The lowest BCUT2D eigenvalue weighted by Gasteiger charge is -2.32. The second-order valence-electron chi connectivity index (χ2n) is 5.65. The van der Waals surface area contributed by atoms with E-state index in [9.17, 15) is 9.90 Å². The zero-order valence-corrected chi connectivity index (χ0v) is 12.4. The number of aryl methyl sites for hydroxylation is 1. The number of amides is 1. The number of likely N-dealkylation sites (tertiary alicyclic amines) is 1. The van der Waals surface area contributed by atoms with Gasteiger partial charge in [0.2, 0.25) is 0 Å². The number of nitrogens with zero attached hydrogens (tertiary/aromatic N) is 1. The predicted octanol–water partition coefficient (Wildman–Crippen LogP) is 2.16. The number of nitrogens with one attached hydrogen (secondary N) is 1. The molecular weight excluding hydrogens is 252 g/mol. The molecule has 1 aromatic carbocycles. The number of carbonyl (C=O) groups is 1. The standard InChI is InChI=1S/C16H24N2O2/c1-12-3-4-15(19)14(11-12)16(20)18-9-6-13(7-10-18)5-8-17-2/h3-4,11,13,17,19H,5-10H2,1-2H3. The molecule has 0 radical (unpaired) electrons. The summed E-state index contributed by atoms with van der Waals surface area (Å²) in [6, 6.07) is 5.18. The van der Waals surface area contributed by atoms with Crippen LogP contribution in [-0.4, -0.2) is 42.6 Å². The van der Waals surface area contributed by atoms with Crippen LogP contribution in [-0.2, 0) is 0 Å². The van der Waals surface area contributed by atoms with E-state index in [1.165, 1.54) is 6.42 Å². The maximum Gasteiger partial charge on any atom is 0.257 e. The summed E-state index contributed by atoms with van der Waals surface area (Å²) in [7, 11) is 1.97. The van der Waals surface area contributed by atoms with Gasteiger partial charge in [-0.05, 0) is 57.8 Å². The van der Waals surface area contributed by atoms with Crippen molar-refractivity contribution in [2.75, 3.05) is 26.7 Å². The van der Waals surface area contributed by atoms with Crippen LogP contribution < -0.4 is 5.32 Å². The molecule has 0 aliphatic carbocycles. The van der Waals surface area contributed by atoms with Gasteiger partial charge in [0, 0.05) is 13.1 Å². The molecule has 20 heavy (non-hydrogen) atoms. The molecule has 2 rings (SSSR count). The molecule has 0 saturated carbocycles. The predicted molar refractivity (Wildman–Crippen MR) is 80.0 cm³/mol. The van der Waals surface area contributed by atoms with Crippen molar-refractivity contribution in [3.63, 3.8) is 0 Å². The van der Waals surface area contributed by atoms with Crippen LogP contribution in [0.1, 0.15) is 35.2 Å². The van der Waals surface area contributed by atoms with E-state index in [0.717, 1.165) is 38.0 Å². The second kappa shape index (κ2) is 6.75. The SMILES string of the molecule is CNCCC1CCN(C(=O)c2cc(C)ccc2O)CC1. The fourth-order valence-corrected chi connectivity index (χ4v) is 2.76. The molecule has 1 saturated heterocycles. The van der Waals surface area contributed by atoms with Crippen LogP contribution >= 0.6 is 0 Å². The van der Waals surface area contributed by atoms with E-state index in [-0.39, 0.29) is 11.7 Å². The molecule has 0 bridgehead atoms. The summed E-state index contributed by atoms with van der Waals surface area (Å²) >= 11 is 0. The Morgan fingerprint density at radius 2 is 2.10 bits per heavy atom. The summed E-state index contributed by atoms with van der Waals surface area (Å²) in [4.78, 5) is 14.3. The first-order chi connectivity index (χ1) is 9.61. The first-order valence-electron chi connectivity index (χ1n) is 7.35. The smallest absolute Gasteiger partial charge is 0.257 e. The van der Waals surface area contributed by atoms with Crippen molar-refractivity contribution in [2.24, 2.45) is 5.92 Å². The molecule has 1 heterocycles. The van der Waals surface area contributed by atoms with Crippen molar-refractivity contribution in [1.29, 1.82) is 0 Å². The van der Waals surface area contributed by atoms with Crippen LogP contribution in [0.2, 0.25) is 0 Å². The van der Waals surface area contributed by atoms with Gasteiger partial charge in [0.15, 0.2) is 0 Å². The third-order valence-electron chi connectivity index (χ3n) is 4.09. The van der Waals surface area contributed by atoms with Crippen molar-refractivity contribution in [1.82, 2.24) is 10.2 Å². The Hall–Kier alpha value is -1.55. The van der Waals surface area contributed by atoms with Crippen LogP contribution in [0.25, 0.3) is 0 Å². The quantitative estimate of drug-likeness (QED) is 0.886. The summed E-state index contributed by atoms with van der Waals surface area (Å²) in [5.74, 6) is 0.744. The molecule has 0 aromatic heterocycles. The van der Waals surface area contributed by atoms with Crippen LogP contribution in [0.3, 0.4) is 0 Å². The van der Waals surface area contributed by atoms with Gasteiger partial charge in [-0.2, -0.15) is 0 Å². The molecule has 0 spiro atoms. The van der Waals surface area contributed by atoms with Gasteiger partial charge in [-0.1, -0.05) is 11.6 Å². The highest BCUT2D eigenvalue weighted by molar-refractivity contribution is 5.97. The largest absolute Gasteiger partial charge is 0.507 e. The number of hydrogen-bond donors (Lipinski definition) is 2. The minimum Gasteiger partial charge on any atom is -0.507 e. The maximum atomic E-state index is 12.4. The average molecular weight is 276 g/mol. The Morgan fingerprint density at radius 3 is 2.75 bits per heavy atom. The van der Waals surface area contributed by atoms with Crippen molar-refractivity contribution in [3.8, 4) is 5.75 Å². The summed E-state index contributed by atoms with van der Waals surface area (Å²) in [6.45, 7) is 4.55. The molecule has 1 fully saturated rings. The van der Waals surface area contributed by atoms with Crippen molar-refractivity contribution in [3.05, 3.63) is 29.3 Å². The highest BCUT2D eigenvalue weighted by Gasteiger charge is 2.24. The lowest BCUT2D eigenvalue weighted by molar-refractivity contribution is 0.0684. The molecule has 0 atom stereocenters. The average Bonchev–Trinajstić information content (AvgIpc) is 2.47. The highest BCUT2D eigenvalue weighted by Crippen LogP contribution is 2.25. The van der Waals surface area contributed by atoms with Gasteiger partial charge in [-0.3, -0.25) is 4.79 Å². The summed E-state index contributed by atoms with van der Waals surface area (Å²) in [6.07, 6.45) is 3.29. The summed E-state index contributed by atoms with van der Waals surface area (Å²) in [5, 5.41) is 13.0. The molecule has 1 aromatic rings. The van der Waals surface area contributed by atoms with Gasteiger partial charge in [0.1, 0.15) is 5.75 Å². The number of phenols is 1. The monoisotopic (exact) mass is 276 g/mol. The van der Waals surface area contributed by atoms with Crippen LogP contribution in [0.15, 0.2) is 18.2 Å². The van der Waals surface area contributed by atoms with Crippen molar-refractivity contribution in [2.45, 2.75) is 26.2 Å². The number of phenolic OH excluding ortho intramolecular Hbond substituents is 1. The van der Waals surface area contributed by atoms with Crippen molar-refractivity contribution < 1.29 is 9.90 Å². The molecule has 1 amide bonds. The van der Waals surface area contributed by atoms with E-state index in [2.05, 4.69) is 5.32 Å². The van der Waals surface area contributed by atoms with Crippen LogP contribution in [0, 0.1) is 12.8 Å². The third kappa shape index (κ3) is 3.51. The first-order valence-corrected chi connectivity index (χ1v) is 7.35. The Balaban J connectivity index is 1.96. The van der Waals surface area contributed by atoms with Crippen LogP contribution in [0.4, 0.5) is 0 Å². The lowest BCUT2D eigenvalue weighted by atomic mass is 9.93. The number of hydrogen-bond acceptors (Lipinski definition) is 3. The van der Waals surface area contributed by atoms with Gasteiger partial charge >= 0.3 is 0 Å².